The molecule has 0 aromatic carbocycles. The molecule has 4 aliphatic carbocycles. The van der Waals surface area contributed by atoms with Crippen molar-refractivity contribution in [3.8, 4) is 0 Å². The van der Waals surface area contributed by atoms with Crippen LogP contribution in [0, 0.1) is 23.2 Å². The van der Waals surface area contributed by atoms with Gasteiger partial charge in [-0.15, -0.1) is 0 Å². The van der Waals surface area contributed by atoms with Crippen LogP contribution in [0.3, 0.4) is 0 Å². The van der Waals surface area contributed by atoms with Gasteiger partial charge >= 0.3 is 0 Å². The molecule has 4 heteroatoms. The quantitative estimate of drug-likeness (QED) is 0.821. The minimum Gasteiger partial charge on any atom is -0.352 e. The maximum atomic E-state index is 13.0. The largest absolute Gasteiger partial charge is 0.352 e. The second-order valence-corrected chi connectivity index (χ2v) is 11.0. The molecular weight excluding hydrogens is 334 g/mol. The van der Waals surface area contributed by atoms with Crippen LogP contribution in [0.4, 0.5) is 0 Å². The highest BCUT2D eigenvalue weighted by molar-refractivity contribution is 5.77. The minimum absolute atomic E-state index is 0.368. The standard InChI is InChI=1S/C23H39N3O/c1-25-7-4-21(5-8-25)26-6-2-3-20(16-26)24-22(27)15-23-12-17-9-18(13-23)11-19(10-17)14-23/h17-21H,2-16H2,1H3,(H,24,27)/t17?,18?,19?,20-,23?/m0/s1. The topological polar surface area (TPSA) is 35.6 Å². The SMILES string of the molecule is CN1CCC(N2CCC[C@H](NC(=O)CC34CC5CC(CC(C5)C3)C4)C2)CC1. The van der Waals surface area contributed by atoms with Crippen molar-refractivity contribution in [2.45, 2.75) is 82.7 Å². The van der Waals surface area contributed by atoms with Gasteiger partial charge in [-0.05, 0) is 114 Å². The van der Waals surface area contributed by atoms with E-state index < -0.39 is 0 Å². The number of likely N-dealkylation sites (tertiary alicyclic amines) is 2. The molecule has 6 fully saturated rings. The summed E-state index contributed by atoms with van der Waals surface area (Å²) < 4.78 is 0. The molecule has 2 aliphatic heterocycles. The Hall–Kier alpha value is -0.610. The molecule has 6 aliphatic rings. The second-order valence-electron chi connectivity index (χ2n) is 11.0. The number of hydrogen-bond acceptors (Lipinski definition) is 3. The van der Waals surface area contributed by atoms with Crippen molar-refractivity contribution in [3.63, 3.8) is 0 Å². The van der Waals surface area contributed by atoms with Gasteiger partial charge in [0.15, 0.2) is 0 Å². The first-order valence-corrected chi connectivity index (χ1v) is 11.8. The Kier molecular flexibility index (Phi) is 5.00. The summed E-state index contributed by atoms with van der Waals surface area (Å²) >= 11 is 0. The maximum absolute atomic E-state index is 13.0. The summed E-state index contributed by atoms with van der Waals surface area (Å²) in [6.45, 7) is 4.77. The Balaban J connectivity index is 1.14. The van der Waals surface area contributed by atoms with Crippen LogP contribution >= 0.6 is 0 Å². The number of nitrogens with zero attached hydrogens (tertiary/aromatic N) is 2. The first-order chi connectivity index (χ1) is 13.1. The van der Waals surface area contributed by atoms with Crippen LogP contribution in [0.2, 0.25) is 0 Å². The van der Waals surface area contributed by atoms with Crippen molar-refractivity contribution in [1.82, 2.24) is 15.1 Å². The summed E-state index contributed by atoms with van der Waals surface area (Å²) in [6.07, 6.45) is 14.3. The van der Waals surface area contributed by atoms with Gasteiger partial charge < -0.3 is 10.2 Å². The van der Waals surface area contributed by atoms with Crippen LogP contribution in [-0.4, -0.2) is 61.0 Å². The van der Waals surface area contributed by atoms with Gasteiger partial charge in [-0.25, -0.2) is 0 Å². The monoisotopic (exact) mass is 373 g/mol. The fourth-order valence-corrected chi connectivity index (χ4v) is 7.94. The molecule has 6 rings (SSSR count). The fourth-order valence-electron chi connectivity index (χ4n) is 7.94. The predicted molar refractivity (Wildman–Crippen MR) is 108 cm³/mol. The van der Waals surface area contributed by atoms with E-state index in [0.717, 1.165) is 36.8 Å². The number of amides is 1. The van der Waals surface area contributed by atoms with E-state index in [9.17, 15) is 4.79 Å². The lowest BCUT2D eigenvalue weighted by atomic mass is 9.49. The van der Waals surface area contributed by atoms with Gasteiger partial charge in [0.25, 0.3) is 0 Å². The Bertz CT molecular complexity index is 519. The lowest BCUT2D eigenvalue weighted by Gasteiger charge is -2.56. The van der Waals surface area contributed by atoms with Gasteiger partial charge in [0.2, 0.25) is 5.91 Å². The highest BCUT2D eigenvalue weighted by Gasteiger charge is 2.51. The first kappa shape index (κ1) is 18.4. The average molecular weight is 374 g/mol. The van der Waals surface area contributed by atoms with Crippen LogP contribution in [-0.2, 0) is 4.79 Å². The third-order valence-corrected chi connectivity index (χ3v) is 8.72. The normalized spacial score (nSPS) is 43.1. The zero-order chi connectivity index (χ0) is 18.4. The van der Waals surface area contributed by atoms with Crippen LogP contribution in [0.25, 0.3) is 0 Å². The summed E-state index contributed by atoms with van der Waals surface area (Å²) in [7, 11) is 2.24. The fraction of sp³-hybridized carbons (Fsp3) is 0.957. The number of piperidine rings is 2. The van der Waals surface area contributed by atoms with E-state index in [1.165, 1.54) is 83.8 Å². The van der Waals surface area contributed by atoms with E-state index in [1.54, 1.807) is 0 Å². The van der Waals surface area contributed by atoms with Gasteiger partial charge in [-0.3, -0.25) is 9.69 Å². The van der Waals surface area contributed by atoms with Crippen LogP contribution in [0.5, 0.6) is 0 Å². The Morgan fingerprint density at radius 3 is 2.22 bits per heavy atom. The minimum atomic E-state index is 0.368. The summed E-state index contributed by atoms with van der Waals surface area (Å²) in [5.74, 6) is 3.20. The van der Waals surface area contributed by atoms with Gasteiger partial charge in [0, 0.05) is 25.0 Å². The van der Waals surface area contributed by atoms with Crippen LogP contribution in [0.15, 0.2) is 0 Å². The number of nitrogens with one attached hydrogen (secondary N) is 1. The molecule has 1 N–H and O–H groups in total. The third kappa shape index (κ3) is 3.94. The molecule has 152 valence electrons. The highest BCUT2D eigenvalue weighted by Crippen LogP contribution is 2.61. The molecule has 0 aromatic heterocycles. The maximum Gasteiger partial charge on any atom is 0.220 e. The molecule has 4 saturated carbocycles. The number of carbonyl (C=O) groups is 1. The lowest BCUT2D eigenvalue weighted by Crippen LogP contribution is -2.54. The summed E-state index contributed by atoms with van der Waals surface area (Å²) in [5, 5.41) is 3.48. The average Bonchev–Trinajstić information content (AvgIpc) is 2.60. The van der Waals surface area contributed by atoms with Crippen molar-refractivity contribution in [2.75, 3.05) is 33.2 Å². The first-order valence-electron chi connectivity index (χ1n) is 11.8. The molecule has 2 saturated heterocycles. The second kappa shape index (κ2) is 7.33. The van der Waals surface area contributed by atoms with Gasteiger partial charge in [0.1, 0.15) is 0 Å². The van der Waals surface area contributed by atoms with Crippen molar-refractivity contribution in [2.24, 2.45) is 23.2 Å². The Labute approximate surface area is 165 Å². The zero-order valence-corrected chi connectivity index (χ0v) is 17.3. The summed E-state index contributed by atoms with van der Waals surface area (Å²) in [4.78, 5) is 18.1. The lowest BCUT2D eigenvalue weighted by molar-refractivity contribution is -0.130. The molecule has 0 spiro atoms. The van der Waals surface area contributed by atoms with E-state index in [1.807, 2.05) is 0 Å². The molecular formula is C23H39N3O. The molecule has 4 bridgehead atoms. The predicted octanol–water partition coefficient (Wildman–Crippen LogP) is 3.27. The molecule has 1 amide bonds. The van der Waals surface area contributed by atoms with Gasteiger partial charge in [-0.1, -0.05) is 0 Å². The van der Waals surface area contributed by atoms with E-state index in [0.29, 0.717) is 17.4 Å². The Morgan fingerprint density at radius 1 is 0.963 bits per heavy atom. The summed E-state index contributed by atoms with van der Waals surface area (Å²) in [6, 6.07) is 1.13. The highest BCUT2D eigenvalue weighted by atomic mass is 16.1. The van der Waals surface area contributed by atoms with Crippen LogP contribution in [0.1, 0.15) is 70.6 Å². The van der Waals surface area contributed by atoms with Crippen molar-refractivity contribution < 1.29 is 4.79 Å². The third-order valence-electron chi connectivity index (χ3n) is 8.72. The number of carbonyl (C=O) groups excluding carboxylic acids is 1. The summed E-state index contributed by atoms with van der Waals surface area (Å²) in [5.41, 5.74) is 0.376. The van der Waals surface area contributed by atoms with E-state index in [2.05, 4.69) is 22.2 Å². The molecule has 27 heavy (non-hydrogen) atoms. The molecule has 0 radical (unpaired) electrons. The number of rotatable bonds is 4. The number of hydrogen-bond donors (Lipinski definition) is 1. The molecule has 0 aromatic rings. The molecule has 0 unspecified atom stereocenters. The Morgan fingerprint density at radius 2 is 1.59 bits per heavy atom. The van der Waals surface area contributed by atoms with Crippen molar-refractivity contribution in [3.05, 3.63) is 0 Å². The van der Waals surface area contributed by atoms with Gasteiger partial charge in [0.05, 0.1) is 0 Å². The van der Waals surface area contributed by atoms with E-state index in [-0.39, 0.29) is 0 Å². The molecule has 4 nitrogen and oxygen atoms in total. The molecule has 2 heterocycles. The zero-order valence-electron chi connectivity index (χ0n) is 17.3. The van der Waals surface area contributed by atoms with Gasteiger partial charge in [-0.2, -0.15) is 0 Å². The smallest absolute Gasteiger partial charge is 0.220 e. The van der Waals surface area contributed by atoms with Crippen LogP contribution < -0.4 is 5.32 Å². The van der Waals surface area contributed by atoms with E-state index in [4.69, 9.17) is 0 Å². The molecule has 1 atom stereocenters. The van der Waals surface area contributed by atoms with Crippen molar-refractivity contribution >= 4 is 5.91 Å². The van der Waals surface area contributed by atoms with E-state index >= 15 is 0 Å². The van der Waals surface area contributed by atoms with Crippen molar-refractivity contribution in [1.29, 1.82) is 0 Å².